The number of aromatic nitrogens is 4. The van der Waals surface area contributed by atoms with Gasteiger partial charge in [-0.3, -0.25) is 0 Å². The van der Waals surface area contributed by atoms with Crippen molar-refractivity contribution < 1.29 is 4.74 Å². The third-order valence-electron chi connectivity index (χ3n) is 2.48. The summed E-state index contributed by atoms with van der Waals surface area (Å²) < 4.78 is 7.25. The highest BCUT2D eigenvalue weighted by molar-refractivity contribution is 5.61. The van der Waals surface area contributed by atoms with Gasteiger partial charge in [-0.05, 0) is 32.9 Å². The van der Waals surface area contributed by atoms with Crippen LogP contribution < -0.4 is 4.74 Å². The van der Waals surface area contributed by atoms with Crippen LogP contribution in [0.5, 0.6) is 5.88 Å². The highest BCUT2D eigenvalue weighted by Gasteiger charge is 2.21. The Hall–Kier alpha value is -1.91. The lowest BCUT2D eigenvalue weighted by Crippen LogP contribution is -2.22. The van der Waals surface area contributed by atoms with Crippen molar-refractivity contribution in [3.05, 3.63) is 24.7 Å². The molecule has 0 bridgehead atoms. The Morgan fingerprint density at radius 3 is 2.71 bits per heavy atom. The van der Waals surface area contributed by atoms with Gasteiger partial charge in [-0.2, -0.15) is 0 Å². The van der Waals surface area contributed by atoms with Crippen LogP contribution in [0.4, 0.5) is 0 Å². The maximum Gasteiger partial charge on any atom is 0.224 e. The molecule has 0 atom stereocenters. The van der Waals surface area contributed by atoms with Crippen LogP contribution in [0.25, 0.3) is 11.4 Å². The second kappa shape index (κ2) is 4.16. The zero-order valence-electron chi connectivity index (χ0n) is 10.5. The zero-order valence-corrected chi connectivity index (χ0v) is 10.5. The number of nitrogens with zero attached hydrogens (tertiary/aromatic N) is 4. The normalized spacial score (nSPS) is 11.5. The molecule has 0 aromatic carbocycles. The van der Waals surface area contributed by atoms with E-state index in [1.165, 1.54) is 0 Å². The number of methoxy groups -OCH3 is 1. The maximum atomic E-state index is 5.24. The van der Waals surface area contributed by atoms with Gasteiger partial charge in [0.15, 0.2) is 5.82 Å². The molecule has 2 rings (SSSR count). The highest BCUT2D eigenvalue weighted by atomic mass is 16.5. The molecule has 0 aliphatic heterocycles. The van der Waals surface area contributed by atoms with Crippen molar-refractivity contribution >= 4 is 0 Å². The summed E-state index contributed by atoms with van der Waals surface area (Å²) in [5.74, 6) is 1.33. The summed E-state index contributed by atoms with van der Waals surface area (Å²) in [6.45, 7) is 6.30. The third kappa shape index (κ3) is 2.13. The first-order chi connectivity index (χ1) is 8.04. The number of rotatable bonds is 2. The fourth-order valence-electron chi connectivity index (χ4n) is 1.63. The lowest BCUT2D eigenvalue weighted by atomic mass is 10.1. The summed E-state index contributed by atoms with van der Waals surface area (Å²) in [5.41, 5.74) is 0.766. The van der Waals surface area contributed by atoms with Crippen LogP contribution in [0.1, 0.15) is 20.8 Å². The number of pyridine rings is 1. The van der Waals surface area contributed by atoms with Crippen molar-refractivity contribution in [2.75, 3.05) is 7.11 Å². The number of hydrogen-bond donors (Lipinski definition) is 0. The minimum Gasteiger partial charge on any atom is -0.480 e. The van der Waals surface area contributed by atoms with E-state index in [9.17, 15) is 0 Å². The van der Waals surface area contributed by atoms with E-state index in [4.69, 9.17) is 4.74 Å². The predicted octanol–water partition coefficient (Wildman–Crippen LogP) is 2.10. The molecule has 0 N–H and O–H groups in total. The average Bonchev–Trinajstić information content (AvgIpc) is 2.77. The molecule has 0 saturated carbocycles. The smallest absolute Gasteiger partial charge is 0.224 e. The van der Waals surface area contributed by atoms with E-state index >= 15 is 0 Å². The van der Waals surface area contributed by atoms with Crippen LogP contribution >= 0.6 is 0 Å². The SMILES string of the molecule is COc1ncccc1-c1nncn1C(C)(C)C. The van der Waals surface area contributed by atoms with Crippen LogP contribution in [0, 0.1) is 0 Å². The molecule has 17 heavy (non-hydrogen) atoms. The quantitative estimate of drug-likeness (QED) is 0.795. The molecule has 0 radical (unpaired) electrons. The molecular formula is C12H16N4O. The Balaban J connectivity index is 2.58. The molecule has 2 heterocycles. The minimum absolute atomic E-state index is 0.0836. The lowest BCUT2D eigenvalue weighted by molar-refractivity contribution is 0.389. The first kappa shape index (κ1) is 11.6. The first-order valence-electron chi connectivity index (χ1n) is 5.44. The van der Waals surface area contributed by atoms with Gasteiger partial charge in [0.1, 0.15) is 6.33 Å². The molecule has 0 saturated heterocycles. The van der Waals surface area contributed by atoms with E-state index in [-0.39, 0.29) is 5.54 Å². The maximum absolute atomic E-state index is 5.24. The number of hydrogen-bond acceptors (Lipinski definition) is 4. The van der Waals surface area contributed by atoms with Gasteiger partial charge in [0.25, 0.3) is 0 Å². The Labute approximate surface area is 100 Å². The van der Waals surface area contributed by atoms with E-state index in [0.29, 0.717) is 5.88 Å². The van der Waals surface area contributed by atoms with Gasteiger partial charge in [0, 0.05) is 11.7 Å². The molecule has 90 valence electrons. The topological polar surface area (TPSA) is 52.8 Å². The highest BCUT2D eigenvalue weighted by Crippen LogP contribution is 2.28. The van der Waals surface area contributed by atoms with E-state index in [1.54, 1.807) is 19.6 Å². The molecule has 0 fully saturated rings. The van der Waals surface area contributed by atoms with Crippen molar-refractivity contribution in [1.29, 1.82) is 0 Å². The van der Waals surface area contributed by atoms with Crippen LogP contribution in [0.15, 0.2) is 24.7 Å². The third-order valence-corrected chi connectivity index (χ3v) is 2.48. The summed E-state index contributed by atoms with van der Waals surface area (Å²) in [6.07, 6.45) is 3.42. The lowest BCUT2D eigenvalue weighted by Gasteiger charge is -2.22. The van der Waals surface area contributed by atoms with E-state index in [0.717, 1.165) is 11.4 Å². The largest absolute Gasteiger partial charge is 0.480 e. The Morgan fingerprint density at radius 2 is 2.06 bits per heavy atom. The van der Waals surface area contributed by atoms with Crippen molar-refractivity contribution in [2.24, 2.45) is 0 Å². The Kier molecular flexibility index (Phi) is 2.83. The van der Waals surface area contributed by atoms with Gasteiger partial charge < -0.3 is 9.30 Å². The van der Waals surface area contributed by atoms with Crippen LogP contribution in [0.3, 0.4) is 0 Å². The Bertz CT molecular complexity index is 513. The molecule has 5 nitrogen and oxygen atoms in total. The van der Waals surface area contributed by atoms with Gasteiger partial charge in [-0.1, -0.05) is 0 Å². The van der Waals surface area contributed by atoms with Crippen LogP contribution in [-0.2, 0) is 5.54 Å². The summed E-state index contributed by atoms with van der Waals surface area (Å²) >= 11 is 0. The summed E-state index contributed by atoms with van der Waals surface area (Å²) in [6, 6.07) is 3.79. The fraction of sp³-hybridized carbons (Fsp3) is 0.417. The number of ether oxygens (including phenoxy) is 1. The predicted molar refractivity (Wildman–Crippen MR) is 64.8 cm³/mol. The molecule has 2 aromatic heterocycles. The van der Waals surface area contributed by atoms with E-state index in [1.807, 2.05) is 16.7 Å². The van der Waals surface area contributed by atoms with Crippen molar-refractivity contribution in [1.82, 2.24) is 19.7 Å². The van der Waals surface area contributed by atoms with Crippen molar-refractivity contribution in [2.45, 2.75) is 26.3 Å². The molecule has 2 aromatic rings. The van der Waals surface area contributed by atoms with Gasteiger partial charge in [-0.15, -0.1) is 10.2 Å². The van der Waals surface area contributed by atoms with Gasteiger partial charge in [0.2, 0.25) is 5.88 Å². The standard InChI is InChI=1S/C12H16N4O/c1-12(2,3)16-8-14-15-10(16)9-6-5-7-13-11(9)17-4/h5-8H,1-4H3. The van der Waals surface area contributed by atoms with Crippen molar-refractivity contribution in [3.8, 4) is 17.3 Å². The monoisotopic (exact) mass is 232 g/mol. The molecule has 0 spiro atoms. The molecule has 5 heteroatoms. The second-order valence-electron chi connectivity index (χ2n) is 4.76. The zero-order chi connectivity index (χ0) is 12.5. The molecule has 0 aliphatic carbocycles. The first-order valence-corrected chi connectivity index (χ1v) is 5.44. The van der Waals surface area contributed by atoms with E-state index < -0.39 is 0 Å². The van der Waals surface area contributed by atoms with Crippen LogP contribution in [0.2, 0.25) is 0 Å². The fourth-order valence-corrected chi connectivity index (χ4v) is 1.63. The van der Waals surface area contributed by atoms with Crippen molar-refractivity contribution in [3.63, 3.8) is 0 Å². The summed E-state index contributed by atoms with van der Waals surface area (Å²) in [4.78, 5) is 4.17. The second-order valence-corrected chi connectivity index (χ2v) is 4.76. The molecule has 0 aliphatic rings. The summed E-state index contributed by atoms with van der Waals surface area (Å²) in [7, 11) is 1.60. The minimum atomic E-state index is -0.0836. The van der Waals surface area contributed by atoms with Crippen LogP contribution in [-0.4, -0.2) is 26.9 Å². The van der Waals surface area contributed by atoms with Gasteiger partial charge in [-0.25, -0.2) is 4.98 Å². The van der Waals surface area contributed by atoms with Gasteiger partial charge in [0.05, 0.1) is 12.7 Å². The van der Waals surface area contributed by atoms with E-state index in [2.05, 4.69) is 36.0 Å². The summed E-state index contributed by atoms with van der Waals surface area (Å²) in [5, 5.41) is 8.12. The Morgan fingerprint density at radius 1 is 1.29 bits per heavy atom. The molecule has 0 amide bonds. The van der Waals surface area contributed by atoms with Gasteiger partial charge >= 0.3 is 0 Å². The molecular weight excluding hydrogens is 216 g/mol. The molecule has 0 unspecified atom stereocenters. The average molecular weight is 232 g/mol.